The van der Waals surface area contributed by atoms with Crippen molar-refractivity contribution in [3.8, 4) is 5.75 Å². The first-order valence-electron chi connectivity index (χ1n) is 11.7. The van der Waals surface area contributed by atoms with Crippen molar-refractivity contribution in [2.24, 2.45) is 0 Å². The lowest BCUT2D eigenvalue weighted by atomic mass is 9.75. The minimum absolute atomic E-state index is 0.245. The maximum Gasteiger partial charge on any atom is 0.150 e. The average molecular weight is 459 g/mol. The molecule has 2 unspecified atom stereocenters. The van der Waals surface area contributed by atoms with Crippen molar-refractivity contribution in [1.29, 1.82) is 0 Å². The molecule has 3 nitrogen and oxygen atoms in total. The molecule has 2 N–H and O–H groups in total. The first-order valence-corrected chi connectivity index (χ1v) is 12.9. The van der Waals surface area contributed by atoms with Gasteiger partial charge in [-0.3, -0.25) is 4.90 Å². The van der Waals surface area contributed by atoms with Gasteiger partial charge >= 0.3 is 0 Å². The third-order valence-corrected chi connectivity index (χ3v) is 8.10. The third-order valence-electron chi connectivity index (χ3n) is 6.93. The molecule has 0 saturated carbocycles. The molecule has 3 aromatic rings. The van der Waals surface area contributed by atoms with Crippen molar-refractivity contribution in [2.75, 3.05) is 25.0 Å². The van der Waals surface area contributed by atoms with Gasteiger partial charge in [-0.15, -0.1) is 0 Å². The second-order valence-corrected chi connectivity index (χ2v) is 10.7. The van der Waals surface area contributed by atoms with Crippen LogP contribution in [0.15, 0.2) is 54.6 Å². The normalized spacial score (nSPS) is 20.2. The lowest BCUT2D eigenvalue weighted by molar-refractivity contribution is 0.219. The highest BCUT2D eigenvalue weighted by molar-refractivity contribution is 7.47. The van der Waals surface area contributed by atoms with E-state index in [9.17, 15) is 0 Å². The number of para-hydroxylation sites is 1. The van der Waals surface area contributed by atoms with E-state index in [1.807, 2.05) is 24.3 Å². The van der Waals surface area contributed by atoms with Crippen molar-refractivity contribution in [3.63, 3.8) is 0 Å². The molecule has 0 bridgehead atoms. The number of nitrogen functional groups attached to an aromatic ring is 1. The van der Waals surface area contributed by atoms with Crippen LogP contribution in [-0.4, -0.2) is 31.5 Å². The zero-order valence-corrected chi connectivity index (χ0v) is 20.3. The summed E-state index contributed by atoms with van der Waals surface area (Å²) in [7, 11) is 2.75. The molecule has 1 saturated heterocycles. The van der Waals surface area contributed by atoms with E-state index in [4.69, 9.17) is 10.5 Å². The van der Waals surface area contributed by atoms with E-state index in [0.29, 0.717) is 26.4 Å². The Morgan fingerprint density at radius 1 is 1.18 bits per heavy atom. The molecule has 0 spiro atoms. The molecule has 169 valence electrons. The summed E-state index contributed by atoms with van der Waals surface area (Å²) < 4.78 is 21.3. The van der Waals surface area contributed by atoms with E-state index >= 15 is 4.39 Å². The summed E-state index contributed by atoms with van der Waals surface area (Å²) >= 11 is 0. The molecule has 0 amide bonds. The Labute approximate surface area is 198 Å². The third kappa shape index (κ3) is 4.29. The first kappa shape index (κ1) is 22.4. The second kappa shape index (κ2) is 9.12. The van der Waals surface area contributed by atoms with Gasteiger partial charge in [-0.2, -0.15) is 0 Å². The number of anilines is 1. The fourth-order valence-corrected chi connectivity index (χ4v) is 5.75. The Bertz CT molecular complexity index is 1180. The molecule has 2 aliphatic rings. The number of nitrogens with two attached hydrogens (primary N) is 1. The van der Waals surface area contributed by atoms with Crippen LogP contribution in [0, 0.1) is 12.7 Å². The van der Waals surface area contributed by atoms with Gasteiger partial charge < -0.3 is 10.5 Å². The van der Waals surface area contributed by atoms with E-state index < -0.39 is 0 Å². The van der Waals surface area contributed by atoms with Crippen molar-refractivity contribution >= 4 is 26.9 Å². The topological polar surface area (TPSA) is 38.5 Å². The number of hydrogen-bond donors (Lipinski definition) is 1. The highest BCUT2D eigenvalue weighted by Crippen LogP contribution is 2.49. The number of nitrogens with zero attached hydrogens (tertiary/aromatic N) is 1. The van der Waals surface area contributed by atoms with Gasteiger partial charge in [0.1, 0.15) is 25.5 Å². The predicted octanol–water partition coefficient (Wildman–Crippen LogP) is 4.81. The van der Waals surface area contributed by atoms with Crippen molar-refractivity contribution in [2.45, 2.75) is 38.6 Å². The monoisotopic (exact) mass is 459 g/mol. The first-order chi connectivity index (χ1) is 16.0. The lowest BCUT2D eigenvalue weighted by Gasteiger charge is -2.24. The SMILES string of the molecule is CCPc1ccc(C2(c3ccc(C)c(CN4CCOc5ccccc5C4)c3)[B]C2)c(F)c1N. The summed E-state index contributed by atoms with van der Waals surface area (Å²) in [6.07, 6.45) is 1.82. The molecule has 0 aliphatic carbocycles. The van der Waals surface area contributed by atoms with Gasteiger partial charge in [0, 0.05) is 25.2 Å². The molecule has 2 aliphatic heterocycles. The van der Waals surface area contributed by atoms with E-state index in [0.717, 1.165) is 48.7 Å². The summed E-state index contributed by atoms with van der Waals surface area (Å²) in [5.74, 6) is 0.739. The number of rotatable bonds is 6. The van der Waals surface area contributed by atoms with Crippen LogP contribution in [0.4, 0.5) is 10.1 Å². The Morgan fingerprint density at radius 2 is 2.00 bits per heavy atom. The Morgan fingerprint density at radius 3 is 2.79 bits per heavy atom. The van der Waals surface area contributed by atoms with Gasteiger partial charge in [-0.25, -0.2) is 4.39 Å². The summed E-state index contributed by atoms with van der Waals surface area (Å²) in [5, 5.41) is 0.561. The maximum atomic E-state index is 15.4. The van der Waals surface area contributed by atoms with E-state index in [1.54, 1.807) is 0 Å². The number of aryl methyl sites for hydroxylation is 1. The van der Waals surface area contributed by atoms with Crippen LogP contribution in [0.3, 0.4) is 0 Å². The van der Waals surface area contributed by atoms with Crippen LogP contribution in [-0.2, 0) is 18.4 Å². The number of halogens is 1. The summed E-state index contributed by atoms with van der Waals surface area (Å²) in [6.45, 7) is 7.52. The van der Waals surface area contributed by atoms with Gasteiger partial charge in [-0.05, 0) is 52.0 Å². The minimum Gasteiger partial charge on any atom is -0.492 e. The summed E-state index contributed by atoms with van der Waals surface area (Å²) in [6, 6.07) is 18.9. The van der Waals surface area contributed by atoms with E-state index in [1.165, 1.54) is 16.7 Å². The zero-order chi connectivity index (χ0) is 23.0. The Balaban J connectivity index is 1.43. The molecular weight excluding hydrogens is 429 g/mol. The molecule has 0 aromatic heterocycles. The molecule has 2 atom stereocenters. The van der Waals surface area contributed by atoms with Crippen molar-refractivity contribution in [3.05, 3.63) is 88.2 Å². The molecule has 33 heavy (non-hydrogen) atoms. The van der Waals surface area contributed by atoms with Crippen LogP contribution in [0.5, 0.6) is 5.75 Å². The lowest BCUT2D eigenvalue weighted by Crippen LogP contribution is -2.26. The van der Waals surface area contributed by atoms with Gasteiger partial charge in [0.05, 0.1) is 5.69 Å². The summed E-state index contributed by atoms with van der Waals surface area (Å²) in [5.41, 5.74) is 12.1. The van der Waals surface area contributed by atoms with E-state index in [-0.39, 0.29) is 11.1 Å². The van der Waals surface area contributed by atoms with Crippen LogP contribution < -0.4 is 15.8 Å². The summed E-state index contributed by atoms with van der Waals surface area (Å²) in [4.78, 5) is 2.43. The Hall–Kier alpha value is -2.36. The quantitative estimate of drug-likeness (QED) is 0.327. The van der Waals surface area contributed by atoms with Gasteiger partial charge in [-0.1, -0.05) is 70.4 Å². The Kier molecular flexibility index (Phi) is 6.20. The zero-order valence-electron chi connectivity index (χ0n) is 19.3. The number of fused-ring (bicyclic) bond motifs is 1. The van der Waals surface area contributed by atoms with E-state index in [2.05, 4.69) is 56.4 Å². The van der Waals surface area contributed by atoms with Gasteiger partial charge in [0.15, 0.2) is 0 Å². The average Bonchev–Trinajstić information content (AvgIpc) is 3.63. The number of hydrogen-bond acceptors (Lipinski definition) is 3. The van der Waals surface area contributed by atoms with Crippen molar-refractivity contribution < 1.29 is 9.13 Å². The van der Waals surface area contributed by atoms with Crippen LogP contribution in [0.25, 0.3) is 0 Å². The smallest absolute Gasteiger partial charge is 0.150 e. The molecule has 1 radical (unpaired) electrons. The highest BCUT2D eigenvalue weighted by atomic mass is 31.1. The van der Waals surface area contributed by atoms with Crippen LogP contribution in [0.1, 0.15) is 34.7 Å². The highest BCUT2D eigenvalue weighted by Gasteiger charge is 2.48. The molecule has 3 aromatic carbocycles. The second-order valence-electron chi connectivity index (χ2n) is 9.11. The van der Waals surface area contributed by atoms with Gasteiger partial charge in [0.25, 0.3) is 0 Å². The molecule has 2 heterocycles. The maximum absolute atomic E-state index is 15.4. The van der Waals surface area contributed by atoms with Gasteiger partial charge in [0.2, 0.25) is 0 Å². The molecule has 6 heteroatoms. The van der Waals surface area contributed by atoms with Crippen LogP contribution >= 0.6 is 8.58 Å². The largest absolute Gasteiger partial charge is 0.492 e. The number of benzene rings is 3. The fraction of sp³-hybridized carbons (Fsp3) is 0.333. The van der Waals surface area contributed by atoms with Crippen molar-refractivity contribution in [1.82, 2.24) is 4.90 Å². The number of ether oxygens (including phenoxy) is 1. The van der Waals surface area contributed by atoms with Crippen LogP contribution in [0.2, 0.25) is 6.32 Å². The predicted molar refractivity (Wildman–Crippen MR) is 138 cm³/mol. The minimum atomic E-state index is -0.372. The fourth-order valence-electron chi connectivity index (χ4n) is 4.87. The molecule has 5 rings (SSSR count). The molecular formula is C27H30BFN2OP. The standard InChI is InChI=1S/C27H30BFN2OP/c1-3-33-24-11-10-22(25(29)26(24)30)27(17-28-27)21-9-8-18(2)20(14-21)16-31-12-13-32-23-7-5-4-6-19(23)15-31/h4-11,14,33H,3,12-13,15-17,30H2,1-2H3. The molecule has 1 fully saturated rings.